The minimum Gasteiger partial charge on any atom is -0.365 e. The van der Waals surface area contributed by atoms with Crippen molar-refractivity contribution in [1.82, 2.24) is 25.1 Å². The van der Waals surface area contributed by atoms with E-state index in [1.54, 1.807) is 29.1 Å². The fourth-order valence-corrected chi connectivity index (χ4v) is 3.07. The highest BCUT2D eigenvalue weighted by Crippen LogP contribution is 2.19. The Morgan fingerprint density at radius 2 is 1.87 bits per heavy atom. The molecule has 0 bridgehead atoms. The Morgan fingerprint density at radius 3 is 2.68 bits per heavy atom. The molecule has 0 aliphatic carbocycles. The maximum atomic E-state index is 13.1. The molecule has 4 aromatic rings. The minimum atomic E-state index is -0.267. The lowest BCUT2D eigenvalue weighted by Gasteiger charge is -2.07. The van der Waals surface area contributed by atoms with Crippen molar-refractivity contribution in [2.24, 2.45) is 0 Å². The van der Waals surface area contributed by atoms with E-state index < -0.39 is 0 Å². The molecule has 0 fully saturated rings. The van der Waals surface area contributed by atoms with Crippen LogP contribution in [0, 0.1) is 5.82 Å². The Morgan fingerprint density at radius 1 is 1.06 bits per heavy atom. The van der Waals surface area contributed by atoms with Crippen LogP contribution in [0.1, 0.15) is 11.1 Å². The van der Waals surface area contributed by atoms with Crippen LogP contribution in [0.5, 0.6) is 0 Å². The third-order valence-corrected chi connectivity index (χ3v) is 4.66. The van der Waals surface area contributed by atoms with E-state index in [-0.39, 0.29) is 11.7 Å². The number of rotatable bonds is 8. The predicted molar refractivity (Wildman–Crippen MR) is 118 cm³/mol. The molecule has 0 saturated heterocycles. The molecule has 2 aromatic heterocycles. The number of halogens is 1. The van der Waals surface area contributed by atoms with Gasteiger partial charge in [0.25, 0.3) is 0 Å². The number of carbonyl (C=O) groups is 1. The second kappa shape index (κ2) is 9.62. The second-order valence-corrected chi connectivity index (χ2v) is 6.84. The van der Waals surface area contributed by atoms with Crippen molar-refractivity contribution >= 4 is 28.8 Å². The van der Waals surface area contributed by atoms with E-state index in [0.29, 0.717) is 31.1 Å². The van der Waals surface area contributed by atoms with Gasteiger partial charge in [-0.15, -0.1) is 0 Å². The summed E-state index contributed by atoms with van der Waals surface area (Å²) in [5, 5.41) is 11.2. The SMILES string of the molecule is O=C(/C=C/c1ccccc1)NCCn1ncc2c(NCc3ccc(F)cc3)ncnc21. The molecule has 7 nitrogen and oxygen atoms in total. The van der Waals surface area contributed by atoms with Crippen LogP contribution in [0.3, 0.4) is 0 Å². The van der Waals surface area contributed by atoms with Crippen LogP contribution in [0.2, 0.25) is 0 Å². The lowest BCUT2D eigenvalue weighted by Crippen LogP contribution is -2.25. The van der Waals surface area contributed by atoms with Crippen molar-refractivity contribution in [1.29, 1.82) is 0 Å². The number of benzene rings is 2. The Labute approximate surface area is 178 Å². The van der Waals surface area contributed by atoms with Crippen LogP contribution >= 0.6 is 0 Å². The van der Waals surface area contributed by atoms with Gasteiger partial charge in [0.05, 0.1) is 18.1 Å². The summed E-state index contributed by atoms with van der Waals surface area (Å²) < 4.78 is 14.8. The predicted octanol–water partition coefficient (Wildman–Crippen LogP) is 3.41. The highest BCUT2D eigenvalue weighted by Gasteiger charge is 2.10. The third-order valence-electron chi connectivity index (χ3n) is 4.66. The van der Waals surface area contributed by atoms with E-state index in [1.807, 2.05) is 30.3 Å². The molecule has 0 spiro atoms. The average Bonchev–Trinajstić information content (AvgIpc) is 3.22. The number of nitrogens with one attached hydrogen (secondary N) is 2. The van der Waals surface area contributed by atoms with Gasteiger partial charge in [-0.05, 0) is 29.3 Å². The number of hydrogen-bond donors (Lipinski definition) is 2. The van der Waals surface area contributed by atoms with Gasteiger partial charge in [-0.2, -0.15) is 5.10 Å². The first-order chi connectivity index (χ1) is 15.2. The third kappa shape index (κ3) is 5.30. The summed E-state index contributed by atoms with van der Waals surface area (Å²) in [6, 6.07) is 15.9. The molecular formula is C23H21FN6O. The van der Waals surface area contributed by atoms with E-state index in [4.69, 9.17) is 0 Å². The van der Waals surface area contributed by atoms with Crippen molar-refractivity contribution in [3.63, 3.8) is 0 Å². The molecule has 1 amide bonds. The molecule has 156 valence electrons. The molecule has 0 aliphatic rings. The Kier molecular flexibility index (Phi) is 6.27. The van der Waals surface area contributed by atoms with Gasteiger partial charge in [0, 0.05) is 19.2 Å². The van der Waals surface area contributed by atoms with E-state index in [2.05, 4.69) is 25.7 Å². The maximum absolute atomic E-state index is 13.1. The van der Waals surface area contributed by atoms with Crippen molar-refractivity contribution in [2.45, 2.75) is 13.1 Å². The number of amides is 1. The van der Waals surface area contributed by atoms with Crippen LogP contribution in [0.25, 0.3) is 17.1 Å². The molecule has 31 heavy (non-hydrogen) atoms. The Balaban J connectivity index is 1.34. The smallest absolute Gasteiger partial charge is 0.244 e. The van der Waals surface area contributed by atoms with Gasteiger partial charge >= 0.3 is 0 Å². The number of fused-ring (bicyclic) bond motifs is 1. The van der Waals surface area contributed by atoms with Crippen LogP contribution < -0.4 is 10.6 Å². The summed E-state index contributed by atoms with van der Waals surface area (Å²) in [7, 11) is 0. The van der Waals surface area contributed by atoms with Crippen molar-refractivity contribution in [3.8, 4) is 0 Å². The molecule has 0 unspecified atom stereocenters. The van der Waals surface area contributed by atoms with Crippen molar-refractivity contribution in [2.75, 3.05) is 11.9 Å². The van der Waals surface area contributed by atoms with Gasteiger partial charge in [-0.1, -0.05) is 42.5 Å². The van der Waals surface area contributed by atoms with Crippen LogP contribution in [0.4, 0.5) is 10.2 Å². The molecule has 0 aliphatic heterocycles. The first kappa shape index (κ1) is 20.2. The zero-order chi connectivity index (χ0) is 21.5. The largest absolute Gasteiger partial charge is 0.365 e. The maximum Gasteiger partial charge on any atom is 0.244 e. The topological polar surface area (TPSA) is 84.7 Å². The Hall–Kier alpha value is -4.07. The fraction of sp³-hybridized carbons (Fsp3) is 0.130. The first-order valence-corrected chi connectivity index (χ1v) is 9.85. The highest BCUT2D eigenvalue weighted by atomic mass is 19.1. The molecule has 4 rings (SSSR count). The van der Waals surface area contributed by atoms with Gasteiger partial charge in [0.1, 0.15) is 18.0 Å². The summed E-state index contributed by atoms with van der Waals surface area (Å²) in [6.07, 6.45) is 6.44. The molecule has 0 radical (unpaired) electrons. The summed E-state index contributed by atoms with van der Waals surface area (Å²) in [4.78, 5) is 20.6. The molecule has 2 N–H and O–H groups in total. The minimum absolute atomic E-state index is 0.170. The molecule has 0 atom stereocenters. The number of anilines is 1. The zero-order valence-electron chi connectivity index (χ0n) is 16.7. The number of carbonyl (C=O) groups excluding carboxylic acids is 1. The second-order valence-electron chi connectivity index (χ2n) is 6.84. The molecule has 8 heteroatoms. The monoisotopic (exact) mass is 416 g/mol. The summed E-state index contributed by atoms with van der Waals surface area (Å²) >= 11 is 0. The lowest BCUT2D eigenvalue weighted by atomic mass is 10.2. The average molecular weight is 416 g/mol. The number of hydrogen-bond acceptors (Lipinski definition) is 5. The van der Waals surface area contributed by atoms with Crippen LogP contribution in [-0.2, 0) is 17.9 Å². The van der Waals surface area contributed by atoms with E-state index >= 15 is 0 Å². The van der Waals surface area contributed by atoms with Crippen molar-refractivity contribution < 1.29 is 9.18 Å². The lowest BCUT2D eigenvalue weighted by molar-refractivity contribution is -0.116. The van der Waals surface area contributed by atoms with E-state index in [1.165, 1.54) is 24.5 Å². The first-order valence-electron chi connectivity index (χ1n) is 9.85. The zero-order valence-corrected chi connectivity index (χ0v) is 16.7. The van der Waals surface area contributed by atoms with Gasteiger partial charge in [0.15, 0.2) is 5.65 Å². The Bertz CT molecular complexity index is 1190. The summed E-state index contributed by atoms with van der Waals surface area (Å²) in [5.74, 6) is 0.212. The quantitative estimate of drug-likeness (QED) is 0.430. The molecule has 0 saturated carbocycles. The van der Waals surface area contributed by atoms with E-state index in [9.17, 15) is 9.18 Å². The van der Waals surface area contributed by atoms with Gasteiger partial charge < -0.3 is 10.6 Å². The highest BCUT2D eigenvalue weighted by molar-refractivity contribution is 5.91. The molecular weight excluding hydrogens is 395 g/mol. The number of nitrogens with zero attached hydrogens (tertiary/aromatic N) is 4. The van der Waals surface area contributed by atoms with Crippen LogP contribution in [0.15, 0.2) is 73.2 Å². The summed E-state index contributed by atoms with van der Waals surface area (Å²) in [6.45, 7) is 1.39. The van der Waals surface area contributed by atoms with Gasteiger partial charge in [-0.3, -0.25) is 4.79 Å². The van der Waals surface area contributed by atoms with Crippen LogP contribution in [-0.4, -0.2) is 32.2 Å². The van der Waals surface area contributed by atoms with Gasteiger partial charge in [-0.25, -0.2) is 19.0 Å². The molecule has 2 aromatic carbocycles. The fourth-order valence-electron chi connectivity index (χ4n) is 3.07. The standard InChI is InChI=1S/C23H21FN6O/c24-19-9-6-18(7-10-19)14-26-22-20-15-29-30(23(20)28-16-27-22)13-12-25-21(31)11-8-17-4-2-1-3-5-17/h1-11,15-16H,12-14H2,(H,25,31)(H,26,27,28)/b11-8+. The number of aromatic nitrogens is 4. The molecule has 2 heterocycles. The van der Waals surface area contributed by atoms with Crippen molar-refractivity contribution in [3.05, 3.63) is 90.1 Å². The van der Waals surface area contributed by atoms with E-state index in [0.717, 1.165) is 16.5 Å². The summed E-state index contributed by atoms with van der Waals surface area (Å²) in [5.41, 5.74) is 2.57. The normalized spacial score (nSPS) is 11.1. The van der Waals surface area contributed by atoms with Gasteiger partial charge in [0.2, 0.25) is 5.91 Å².